The summed E-state index contributed by atoms with van der Waals surface area (Å²) in [4.78, 5) is 16.2. The van der Waals surface area contributed by atoms with Crippen LogP contribution in [0.25, 0.3) is 11.3 Å². The molecule has 0 aliphatic heterocycles. The van der Waals surface area contributed by atoms with E-state index in [4.69, 9.17) is 16.3 Å². The molecule has 3 aromatic rings. The highest BCUT2D eigenvalue weighted by molar-refractivity contribution is 6.30. The highest BCUT2D eigenvalue weighted by Gasteiger charge is 2.15. The molecule has 0 fully saturated rings. The number of carboxylic acids is 1. The summed E-state index contributed by atoms with van der Waals surface area (Å²) in [6.07, 6.45) is 0.406. The van der Waals surface area contributed by atoms with Crippen LogP contribution in [-0.4, -0.2) is 22.7 Å². The number of hydrogen-bond acceptors (Lipinski definition) is 3. The van der Waals surface area contributed by atoms with E-state index in [-0.39, 0.29) is 5.56 Å². The first-order chi connectivity index (χ1) is 12.6. The van der Waals surface area contributed by atoms with Gasteiger partial charge in [-0.05, 0) is 48.9 Å². The van der Waals surface area contributed by atoms with Gasteiger partial charge in [-0.1, -0.05) is 35.9 Å². The maximum Gasteiger partial charge on any atom is 0.337 e. The molecule has 1 aromatic heterocycles. The maximum atomic E-state index is 11.6. The van der Waals surface area contributed by atoms with Gasteiger partial charge < -0.3 is 9.84 Å². The van der Waals surface area contributed by atoms with Crippen LogP contribution in [0.4, 0.5) is 0 Å². The van der Waals surface area contributed by atoms with Crippen LogP contribution < -0.4 is 4.74 Å². The molecule has 0 spiro atoms. The van der Waals surface area contributed by atoms with Crippen LogP contribution in [-0.2, 0) is 6.42 Å². The predicted octanol–water partition coefficient (Wildman–Crippen LogP) is 5.09. The van der Waals surface area contributed by atoms with Gasteiger partial charge in [0.05, 0.1) is 23.6 Å². The maximum absolute atomic E-state index is 11.6. The minimum Gasteiger partial charge on any atom is -0.493 e. The average Bonchev–Trinajstić information content (AvgIpc) is 2.64. The van der Waals surface area contributed by atoms with Crippen molar-refractivity contribution in [2.45, 2.75) is 13.3 Å². The summed E-state index contributed by atoms with van der Waals surface area (Å²) in [5, 5.41) is 10.1. The van der Waals surface area contributed by atoms with Gasteiger partial charge in [0.2, 0.25) is 0 Å². The fourth-order valence-electron chi connectivity index (χ4n) is 2.74. The average molecular weight is 368 g/mol. The topological polar surface area (TPSA) is 59.4 Å². The number of halogens is 1. The summed E-state index contributed by atoms with van der Waals surface area (Å²) >= 11 is 5.93. The lowest BCUT2D eigenvalue weighted by Gasteiger charge is -2.12. The molecule has 0 unspecified atom stereocenters. The summed E-state index contributed by atoms with van der Waals surface area (Å²) in [6, 6.07) is 18.2. The Morgan fingerprint density at radius 3 is 2.50 bits per heavy atom. The van der Waals surface area contributed by atoms with Gasteiger partial charge in [-0.25, -0.2) is 4.79 Å². The van der Waals surface area contributed by atoms with Crippen molar-refractivity contribution >= 4 is 17.6 Å². The summed E-state index contributed by atoms with van der Waals surface area (Å²) in [7, 11) is 0. The van der Waals surface area contributed by atoms with Crippen molar-refractivity contribution in [3.63, 3.8) is 0 Å². The monoisotopic (exact) mass is 367 g/mol. The van der Waals surface area contributed by atoms with Crippen molar-refractivity contribution in [2.24, 2.45) is 0 Å². The number of nitrogens with zero attached hydrogens (tertiary/aromatic N) is 1. The van der Waals surface area contributed by atoms with Crippen molar-refractivity contribution in [2.75, 3.05) is 6.61 Å². The quantitative estimate of drug-likeness (QED) is 0.659. The van der Waals surface area contributed by atoms with Crippen LogP contribution in [0.2, 0.25) is 5.02 Å². The van der Waals surface area contributed by atoms with Gasteiger partial charge in [0.15, 0.2) is 0 Å². The van der Waals surface area contributed by atoms with Gasteiger partial charge in [0.25, 0.3) is 0 Å². The van der Waals surface area contributed by atoms with E-state index in [0.29, 0.717) is 29.4 Å². The number of ether oxygens (including phenoxy) is 1. The standard InChI is InChI=1S/C21H18ClNO3/c1-2-26-20-6-4-3-5-16(20)18-12-11-17(21(24)25)19(23-18)13-14-7-9-15(22)10-8-14/h3-12H,2,13H2,1H3,(H,24,25). The Kier molecular flexibility index (Phi) is 5.54. The molecule has 0 aliphatic carbocycles. The zero-order chi connectivity index (χ0) is 18.5. The van der Waals surface area contributed by atoms with Crippen molar-refractivity contribution in [3.8, 4) is 17.0 Å². The highest BCUT2D eigenvalue weighted by Crippen LogP contribution is 2.29. The highest BCUT2D eigenvalue weighted by atomic mass is 35.5. The van der Waals surface area contributed by atoms with E-state index in [1.54, 1.807) is 24.3 Å². The number of para-hydroxylation sites is 1. The van der Waals surface area contributed by atoms with Gasteiger partial charge in [-0.15, -0.1) is 0 Å². The lowest BCUT2D eigenvalue weighted by molar-refractivity contribution is 0.0695. The Balaban J connectivity index is 2.04. The molecule has 4 nitrogen and oxygen atoms in total. The third-order valence-corrected chi connectivity index (χ3v) is 4.20. The van der Waals surface area contributed by atoms with Crippen molar-refractivity contribution < 1.29 is 14.6 Å². The molecular formula is C21H18ClNO3. The normalized spacial score (nSPS) is 10.5. The molecule has 1 heterocycles. The molecule has 2 aromatic carbocycles. The molecule has 5 heteroatoms. The molecule has 0 atom stereocenters. The fourth-order valence-corrected chi connectivity index (χ4v) is 2.86. The van der Waals surface area contributed by atoms with E-state index in [0.717, 1.165) is 16.9 Å². The van der Waals surface area contributed by atoms with Gasteiger partial charge in [0, 0.05) is 17.0 Å². The Labute approximate surface area is 157 Å². The molecule has 3 rings (SSSR count). The van der Waals surface area contributed by atoms with E-state index in [1.807, 2.05) is 43.3 Å². The molecule has 0 radical (unpaired) electrons. The van der Waals surface area contributed by atoms with Crippen molar-refractivity contribution in [3.05, 3.63) is 82.5 Å². The molecule has 1 N–H and O–H groups in total. The van der Waals surface area contributed by atoms with Gasteiger partial charge in [-0.2, -0.15) is 0 Å². The van der Waals surface area contributed by atoms with Crippen LogP contribution in [0, 0.1) is 0 Å². The van der Waals surface area contributed by atoms with Gasteiger partial charge in [-0.3, -0.25) is 4.98 Å². The first-order valence-electron chi connectivity index (χ1n) is 8.28. The fraction of sp³-hybridized carbons (Fsp3) is 0.143. The lowest BCUT2D eigenvalue weighted by Crippen LogP contribution is -2.07. The Hall–Kier alpha value is -2.85. The van der Waals surface area contributed by atoms with Crippen molar-refractivity contribution in [1.82, 2.24) is 4.98 Å². The second-order valence-electron chi connectivity index (χ2n) is 5.73. The second-order valence-corrected chi connectivity index (χ2v) is 6.16. The largest absolute Gasteiger partial charge is 0.493 e. The van der Waals surface area contributed by atoms with E-state index in [2.05, 4.69) is 4.98 Å². The second kappa shape index (κ2) is 8.02. The number of rotatable bonds is 6. The number of aromatic carboxylic acids is 1. The third kappa shape index (κ3) is 4.03. The summed E-state index contributed by atoms with van der Waals surface area (Å²) < 4.78 is 5.67. The Morgan fingerprint density at radius 1 is 1.08 bits per heavy atom. The van der Waals surface area contributed by atoms with Crippen LogP contribution >= 0.6 is 11.6 Å². The zero-order valence-corrected chi connectivity index (χ0v) is 15.0. The van der Waals surface area contributed by atoms with Crippen LogP contribution in [0.15, 0.2) is 60.7 Å². The van der Waals surface area contributed by atoms with E-state index in [9.17, 15) is 9.90 Å². The predicted molar refractivity (Wildman–Crippen MR) is 102 cm³/mol. The van der Waals surface area contributed by atoms with Crippen LogP contribution in [0.5, 0.6) is 5.75 Å². The Morgan fingerprint density at radius 2 is 1.81 bits per heavy atom. The number of benzene rings is 2. The smallest absolute Gasteiger partial charge is 0.337 e. The van der Waals surface area contributed by atoms with E-state index in [1.165, 1.54) is 0 Å². The summed E-state index contributed by atoms with van der Waals surface area (Å²) in [6.45, 7) is 2.46. The van der Waals surface area contributed by atoms with Gasteiger partial charge >= 0.3 is 5.97 Å². The number of hydrogen-bond donors (Lipinski definition) is 1. The number of pyridine rings is 1. The molecule has 0 amide bonds. The minimum absolute atomic E-state index is 0.192. The molecule has 0 aliphatic rings. The first-order valence-corrected chi connectivity index (χ1v) is 8.66. The lowest BCUT2D eigenvalue weighted by atomic mass is 10.0. The molecule has 132 valence electrons. The van der Waals surface area contributed by atoms with E-state index < -0.39 is 5.97 Å². The number of aromatic nitrogens is 1. The molecule has 26 heavy (non-hydrogen) atoms. The molecular weight excluding hydrogens is 350 g/mol. The summed E-state index contributed by atoms with van der Waals surface area (Å²) in [5.74, 6) is -0.269. The summed E-state index contributed by atoms with van der Waals surface area (Å²) in [5.41, 5.74) is 3.16. The SMILES string of the molecule is CCOc1ccccc1-c1ccc(C(=O)O)c(Cc2ccc(Cl)cc2)n1. The van der Waals surface area contributed by atoms with Crippen LogP contribution in [0.1, 0.15) is 28.5 Å². The third-order valence-electron chi connectivity index (χ3n) is 3.95. The minimum atomic E-state index is -0.994. The first kappa shape index (κ1) is 18.0. The molecule has 0 bridgehead atoms. The van der Waals surface area contributed by atoms with Crippen molar-refractivity contribution in [1.29, 1.82) is 0 Å². The number of carboxylic acid groups (broad SMARTS) is 1. The molecule has 0 saturated carbocycles. The van der Waals surface area contributed by atoms with E-state index >= 15 is 0 Å². The Bertz CT molecular complexity index is 923. The zero-order valence-electron chi connectivity index (χ0n) is 14.3. The van der Waals surface area contributed by atoms with Gasteiger partial charge in [0.1, 0.15) is 5.75 Å². The number of carbonyl (C=O) groups is 1. The van der Waals surface area contributed by atoms with Crippen LogP contribution in [0.3, 0.4) is 0 Å². The molecule has 0 saturated heterocycles.